The summed E-state index contributed by atoms with van der Waals surface area (Å²) in [5.74, 6) is -1.75. The molecule has 136 valence electrons. The lowest BCUT2D eigenvalue weighted by molar-refractivity contribution is -0.158. The number of aliphatic hydroxyl groups excluding tert-OH is 1. The average Bonchev–Trinajstić information content (AvgIpc) is 2.58. The zero-order valence-electron chi connectivity index (χ0n) is 13.7. The number of ketones is 1. The Kier molecular flexibility index (Phi) is 6.16. The Morgan fingerprint density at radius 1 is 1.52 bits per heavy atom. The predicted octanol–water partition coefficient (Wildman–Crippen LogP) is 1.21. The summed E-state index contributed by atoms with van der Waals surface area (Å²) >= 11 is 6.30. The van der Waals surface area contributed by atoms with E-state index in [0.29, 0.717) is 29.8 Å². The molecule has 1 aliphatic carbocycles. The van der Waals surface area contributed by atoms with Crippen molar-refractivity contribution in [2.24, 2.45) is 0 Å². The van der Waals surface area contributed by atoms with E-state index in [4.69, 9.17) is 11.6 Å². The van der Waals surface area contributed by atoms with E-state index in [9.17, 15) is 24.6 Å². The van der Waals surface area contributed by atoms with Crippen LogP contribution in [0.2, 0.25) is 5.02 Å². The Morgan fingerprint density at radius 2 is 2.20 bits per heavy atom. The molecule has 0 bridgehead atoms. The summed E-state index contributed by atoms with van der Waals surface area (Å²) in [6.45, 7) is -0.269. The molecule has 1 aromatic carbocycles. The number of aliphatic carboxylic acids is 1. The maximum Gasteiger partial charge on any atom is 0.324 e. The van der Waals surface area contributed by atoms with Crippen LogP contribution in [0.5, 0.6) is 0 Å². The summed E-state index contributed by atoms with van der Waals surface area (Å²) < 4.78 is 4.63. The summed E-state index contributed by atoms with van der Waals surface area (Å²) in [4.78, 5) is 36.5. The van der Waals surface area contributed by atoms with Crippen LogP contribution in [0.4, 0.5) is 0 Å². The Bertz CT molecular complexity index is 666. The van der Waals surface area contributed by atoms with Crippen LogP contribution in [0.15, 0.2) is 24.3 Å². The second-order valence-electron chi connectivity index (χ2n) is 6.01. The average molecular weight is 370 g/mol. The Labute approximate surface area is 150 Å². The third kappa shape index (κ3) is 3.53. The van der Waals surface area contributed by atoms with Crippen molar-refractivity contribution in [3.8, 4) is 0 Å². The number of rotatable bonds is 7. The second kappa shape index (κ2) is 7.95. The fourth-order valence-electron chi connectivity index (χ4n) is 3.43. The molecule has 2 rings (SSSR count). The van der Waals surface area contributed by atoms with Crippen LogP contribution in [-0.4, -0.2) is 59.1 Å². The van der Waals surface area contributed by atoms with Crippen LogP contribution in [0.1, 0.15) is 24.8 Å². The molecule has 0 heterocycles. The van der Waals surface area contributed by atoms with Gasteiger partial charge in [0.1, 0.15) is 24.3 Å². The monoisotopic (exact) mass is 369 g/mol. The van der Waals surface area contributed by atoms with Crippen LogP contribution in [0.3, 0.4) is 0 Å². The highest BCUT2D eigenvalue weighted by molar-refractivity contribution is 6.31. The molecule has 1 aliphatic rings. The molecule has 1 aromatic rings. The number of aliphatic hydroxyl groups is 1. The van der Waals surface area contributed by atoms with Crippen LogP contribution in [0, 0.1) is 0 Å². The van der Waals surface area contributed by atoms with Gasteiger partial charge in [0.15, 0.2) is 5.78 Å². The zero-order chi connectivity index (χ0) is 18.6. The smallest absolute Gasteiger partial charge is 0.324 e. The van der Waals surface area contributed by atoms with E-state index in [1.165, 1.54) is 11.9 Å². The molecule has 25 heavy (non-hydrogen) atoms. The number of nitrogens with zero attached hydrogens (tertiary/aromatic N) is 1. The summed E-state index contributed by atoms with van der Waals surface area (Å²) in [5, 5.41) is 20.0. The van der Waals surface area contributed by atoms with Gasteiger partial charge in [0, 0.05) is 5.02 Å². The summed E-state index contributed by atoms with van der Waals surface area (Å²) in [7, 11) is 1.46. The van der Waals surface area contributed by atoms with E-state index in [0.717, 1.165) is 0 Å². The maximum atomic E-state index is 13.0. The zero-order valence-corrected chi connectivity index (χ0v) is 14.5. The third-order valence-electron chi connectivity index (χ3n) is 4.72. The lowest BCUT2D eigenvalue weighted by atomic mass is 9.72. The number of likely N-dealkylation sites (N-methyl/N-ethyl adjacent to an activating group) is 1. The highest BCUT2D eigenvalue weighted by atomic mass is 35.5. The Hall–Kier alpha value is -1.96. The molecule has 0 amide bonds. The van der Waals surface area contributed by atoms with Crippen molar-refractivity contribution < 1.29 is 29.3 Å². The quantitative estimate of drug-likeness (QED) is 0.696. The number of carbonyl (C=O) groups excluding carboxylic acids is 2. The molecule has 2 N–H and O–H groups in total. The van der Waals surface area contributed by atoms with E-state index in [1.54, 1.807) is 24.3 Å². The molecule has 7 nitrogen and oxygen atoms in total. The summed E-state index contributed by atoms with van der Waals surface area (Å²) in [6, 6.07) is 5.39. The predicted molar refractivity (Wildman–Crippen MR) is 89.2 cm³/mol. The van der Waals surface area contributed by atoms with Crippen molar-refractivity contribution in [1.29, 1.82) is 0 Å². The molecule has 1 saturated carbocycles. The second-order valence-corrected chi connectivity index (χ2v) is 6.41. The van der Waals surface area contributed by atoms with Gasteiger partial charge < -0.3 is 14.9 Å². The normalized spacial score (nSPS) is 24.8. The number of Topliss-reactive ketones (excluding diaryl/α,β-unsaturated/α-hetero) is 1. The van der Waals surface area contributed by atoms with Crippen molar-refractivity contribution in [3.63, 3.8) is 0 Å². The lowest BCUT2D eigenvalue weighted by Crippen LogP contribution is -2.61. The minimum Gasteiger partial charge on any atom is -0.480 e. The Balaban J connectivity index is 2.58. The number of hydrogen-bond donors (Lipinski definition) is 2. The molecule has 0 spiro atoms. The van der Waals surface area contributed by atoms with Crippen LogP contribution in [-0.2, 0) is 24.7 Å². The van der Waals surface area contributed by atoms with Crippen molar-refractivity contribution >= 4 is 29.8 Å². The minimum absolute atomic E-state index is 0.156. The standard InChI is InChI=1S/C17H20ClNO6/c1-19(13(16(23)24)9-25-10-20)17(8-4-7-14(21)15(17)22)11-5-2-3-6-12(11)18/h2-3,5-6,10,13-14,21H,4,7-9H2,1H3,(H,23,24)/t13-,14-,17-/m0/s1. The van der Waals surface area contributed by atoms with Gasteiger partial charge in [0.05, 0.1) is 0 Å². The maximum absolute atomic E-state index is 13.0. The number of halogens is 1. The first-order valence-electron chi connectivity index (χ1n) is 7.84. The minimum atomic E-state index is -1.41. The van der Waals surface area contributed by atoms with E-state index >= 15 is 0 Å². The number of hydrogen-bond acceptors (Lipinski definition) is 6. The third-order valence-corrected chi connectivity index (χ3v) is 5.05. The molecule has 8 heteroatoms. The summed E-state index contributed by atoms with van der Waals surface area (Å²) in [6.07, 6.45) is -0.0902. The van der Waals surface area contributed by atoms with Gasteiger partial charge in [-0.2, -0.15) is 0 Å². The van der Waals surface area contributed by atoms with Gasteiger partial charge in [-0.1, -0.05) is 29.8 Å². The van der Waals surface area contributed by atoms with Crippen LogP contribution < -0.4 is 0 Å². The molecule has 0 unspecified atom stereocenters. The van der Waals surface area contributed by atoms with Crippen molar-refractivity contribution in [1.82, 2.24) is 4.90 Å². The fraction of sp³-hybridized carbons (Fsp3) is 0.471. The van der Waals surface area contributed by atoms with Crippen LogP contribution >= 0.6 is 11.6 Å². The van der Waals surface area contributed by atoms with Gasteiger partial charge in [-0.05, 0) is 37.9 Å². The molecular formula is C17H20ClNO6. The van der Waals surface area contributed by atoms with Gasteiger partial charge >= 0.3 is 5.97 Å². The number of ether oxygens (including phenoxy) is 1. The van der Waals surface area contributed by atoms with Gasteiger partial charge in [-0.25, -0.2) is 0 Å². The molecule has 0 radical (unpaired) electrons. The van der Waals surface area contributed by atoms with Crippen molar-refractivity contribution in [2.45, 2.75) is 36.9 Å². The largest absolute Gasteiger partial charge is 0.480 e. The van der Waals surface area contributed by atoms with Gasteiger partial charge in [-0.15, -0.1) is 0 Å². The van der Waals surface area contributed by atoms with Crippen molar-refractivity contribution in [2.75, 3.05) is 13.7 Å². The summed E-state index contributed by atoms with van der Waals surface area (Å²) in [5.41, 5.74) is -0.981. The fourth-order valence-corrected chi connectivity index (χ4v) is 3.72. The number of carboxylic acid groups (broad SMARTS) is 1. The van der Waals surface area contributed by atoms with E-state index < -0.39 is 36.0 Å². The molecular weight excluding hydrogens is 350 g/mol. The number of benzene rings is 1. The molecule has 0 saturated heterocycles. The number of carboxylic acids is 1. The van der Waals surface area contributed by atoms with E-state index in [-0.39, 0.29) is 6.47 Å². The topological polar surface area (TPSA) is 104 Å². The van der Waals surface area contributed by atoms with Gasteiger partial charge in [0.25, 0.3) is 6.47 Å². The lowest BCUT2D eigenvalue weighted by Gasteiger charge is -2.47. The molecule has 1 fully saturated rings. The molecule has 0 aromatic heterocycles. The van der Waals surface area contributed by atoms with Gasteiger partial charge in [-0.3, -0.25) is 19.3 Å². The van der Waals surface area contributed by atoms with Crippen molar-refractivity contribution in [3.05, 3.63) is 34.9 Å². The highest BCUT2D eigenvalue weighted by Crippen LogP contribution is 2.43. The number of carbonyl (C=O) groups is 3. The van der Waals surface area contributed by atoms with E-state index in [2.05, 4.69) is 4.74 Å². The first-order valence-corrected chi connectivity index (χ1v) is 8.22. The Morgan fingerprint density at radius 3 is 2.80 bits per heavy atom. The SMILES string of the molecule is CN([C@@H](COC=O)C(=O)O)[C@]1(c2ccccc2Cl)CCC[C@H](O)C1=O. The first-order chi connectivity index (χ1) is 11.9. The van der Waals surface area contributed by atoms with E-state index in [1.807, 2.05) is 0 Å². The first kappa shape index (κ1) is 19.4. The molecule has 3 atom stereocenters. The highest BCUT2D eigenvalue weighted by Gasteiger charge is 2.52. The molecule has 0 aliphatic heterocycles. The van der Waals surface area contributed by atoms with Gasteiger partial charge in [0.2, 0.25) is 0 Å². The van der Waals surface area contributed by atoms with Crippen LogP contribution in [0.25, 0.3) is 0 Å².